The van der Waals surface area contributed by atoms with Gasteiger partial charge < -0.3 is 4.74 Å². The van der Waals surface area contributed by atoms with Crippen molar-refractivity contribution in [3.8, 4) is 0 Å². The molecule has 2 nitrogen and oxygen atoms in total. The average Bonchev–Trinajstić information content (AvgIpc) is 2.78. The van der Waals surface area contributed by atoms with Gasteiger partial charge in [-0.05, 0) is 12.3 Å². The van der Waals surface area contributed by atoms with E-state index in [2.05, 4.69) is 4.74 Å². The molecule has 0 heterocycles. The largest absolute Gasteiger partial charge is 0.469 e. The first-order chi connectivity index (χ1) is 8.16. The molecule has 0 aromatic carbocycles. The van der Waals surface area contributed by atoms with E-state index in [-0.39, 0.29) is 6.42 Å². The lowest BCUT2D eigenvalue weighted by Crippen LogP contribution is -2.55. The maximum absolute atomic E-state index is 14.0. The van der Waals surface area contributed by atoms with Gasteiger partial charge in [0.25, 0.3) is 5.92 Å². The molecule has 2 bridgehead atoms. The van der Waals surface area contributed by atoms with Crippen molar-refractivity contribution in [1.82, 2.24) is 0 Å². The molecule has 0 aromatic rings. The zero-order chi connectivity index (χ0) is 13.8. The number of halogens is 5. The predicted molar refractivity (Wildman–Crippen MR) is 50.8 cm³/mol. The third-order valence-corrected chi connectivity index (χ3v) is 3.93. The maximum Gasteiger partial charge on any atom is 0.401 e. The first kappa shape index (κ1) is 13.3. The number of methoxy groups -OCH3 is 1. The SMILES string of the molecule is COC(=O)CC1(C(F)(F)F)C2C=CC(C2)C1(F)F. The number of fused-ring (bicyclic) bond motifs is 2. The van der Waals surface area contributed by atoms with Crippen molar-refractivity contribution in [3.05, 3.63) is 12.2 Å². The third-order valence-electron chi connectivity index (χ3n) is 3.93. The molecule has 1 saturated carbocycles. The molecule has 0 spiro atoms. The van der Waals surface area contributed by atoms with Crippen molar-refractivity contribution in [2.75, 3.05) is 7.11 Å². The van der Waals surface area contributed by atoms with E-state index in [0.29, 0.717) is 0 Å². The number of allylic oxidation sites excluding steroid dienone is 2. The molecule has 2 aliphatic carbocycles. The van der Waals surface area contributed by atoms with Crippen molar-refractivity contribution in [2.45, 2.75) is 24.9 Å². The number of carbonyl (C=O) groups is 1. The molecule has 1 fully saturated rings. The number of alkyl halides is 5. The van der Waals surface area contributed by atoms with E-state index in [0.717, 1.165) is 19.3 Å². The highest BCUT2D eigenvalue weighted by Crippen LogP contribution is 2.68. The Balaban J connectivity index is 2.50. The van der Waals surface area contributed by atoms with Crippen LogP contribution in [0.15, 0.2) is 12.2 Å². The highest BCUT2D eigenvalue weighted by molar-refractivity contribution is 5.71. The minimum atomic E-state index is -5.16. The molecular weight excluding hydrogens is 259 g/mol. The topological polar surface area (TPSA) is 26.3 Å². The second kappa shape index (κ2) is 3.68. The summed E-state index contributed by atoms with van der Waals surface area (Å²) in [5, 5.41) is 0. The van der Waals surface area contributed by atoms with Crippen molar-refractivity contribution in [2.24, 2.45) is 17.3 Å². The van der Waals surface area contributed by atoms with Crippen LogP contribution >= 0.6 is 0 Å². The Morgan fingerprint density at radius 2 is 1.89 bits per heavy atom. The van der Waals surface area contributed by atoms with Crippen LogP contribution < -0.4 is 0 Å². The number of ether oxygens (including phenoxy) is 1. The van der Waals surface area contributed by atoms with E-state index in [1.807, 2.05) is 0 Å². The van der Waals surface area contributed by atoms with Crippen LogP contribution in [0, 0.1) is 17.3 Å². The van der Waals surface area contributed by atoms with Crippen LogP contribution in [0.3, 0.4) is 0 Å². The van der Waals surface area contributed by atoms with Crippen LogP contribution in [0.2, 0.25) is 0 Å². The van der Waals surface area contributed by atoms with Crippen LogP contribution in [0.25, 0.3) is 0 Å². The minimum Gasteiger partial charge on any atom is -0.469 e. The highest BCUT2D eigenvalue weighted by Gasteiger charge is 2.79. The first-order valence-electron chi connectivity index (χ1n) is 5.36. The second-order valence-electron chi connectivity index (χ2n) is 4.68. The first-order valence-corrected chi connectivity index (χ1v) is 5.36. The van der Waals surface area contributed by atoms with E-state index in [9.17, 15) is 26.7 Å². The monoisotopic (exact) mass is 270 g/mol. The molecule has 0 aromatic heterocycles. The molecule has 102 valence electrons. The van der Waals surface area contributed by atoms with Gasteiger partial charge in [-0.15, -0.1) is 0 Å². The van der Waals surface area contributed by atoms with Crippen LogP contribution in [0.5, 0.6) is 0 Å². The molecule has 18 heavy (non-hydrogen) atoms. The molecule has 0 amide bonds. The number of carbonyl (C=O) groups excluding carboxylic acids is 1. The third kappa shape index (κ3) is 1.42. The molecule has 0 N–H and O–H groups in total. The molecule has 2 aliphatic rings. The molecule has 7 heteroatoms. The molecule has 0 aliphatic heterocycles. The van der Waals surface area contributed by atoms with Crippen LogP contribution in [-0.4, -0.2) is 25.2 Å². The summed E-state index contributed by atoms with van der Waals surface area (Å²) in [7, 11) is 0.883. The fraction of sp³-hybridized carbons (Fsp3) is 0.727. The summed E-state index contributed by atoms with van der Waals surface area (Å²) >= 11 is 0. The Bertz CT molecular complexity index is 401. The normalized spacial score (nSPS) is 37.0. The van der Waals surface area contributed by atoms with Gasteiger partial charge in [0.15, 0.2) is 0 Å². The Labute approximate surface area is 99.8 Å². The quantitative estimate of drug-likeness (QED) is 0.438. The molecule has 0 radical (unpaired) electrons. The van der Waals surface area contributed by atoms with Gasteiger partial charge in [0.1, 0.15) is 5.41 Å². The number of hydrogen-bond acceptors (Lipinski definition) is 2. The summed E-state index contributed by atoms with van der Waals surface area (Å²) in [6.45, 7) is 0. The number of hydrogen-bond donors (Lipinski definition) is 0. The fourth-order valence-corrected chi connectivity index (χ4v) is 2.96. The van der Waals surface area contributed by atoms with Gasteiger partial charge in [0.05, 0.1) is 13.5 Å². The van der Waals surface area contributed by atoms with Gasteiger partial charge in [-0.25, -0.2) is 8.78 Å². The Kier molecular flexibility index (Phi) is 2.72. The number of rotatable bonds is 2. The van der Waals surface area contributed by atoms with Crippen LogP contribution in [0.1, 0.15) is 12.8 Å². The van der Waals surface area contributed by atoms with E-state index in [1.165, 1.54) is 0 Å². The van der Waals surface area contributed by atoms with Crippen molar-refractivity contribution < 1.29 is 31.5 Å². The van der Waals surface area contributed by atoms with E-state index in [1.54, 1.807) is 0 Å². The molecule has 0 saturated heterocycles. The lowest BCUT2D eigenvalue weighted by molar-refractivity contribution is -0.305. The molecule has 3 unspecified atom stereocenters. The van der Waals surface area contributed by atoms with Crippen LogP contribution in [0.4, 0.5) is 22.0 Å². The smallest absolute Gasteiger partial charge is 0.401 e. The Morgan fingerprint density at radius 1 is 1.33 bits per heavy atom. The summed E-state index contributed by atoms with van der Waals surface area (Å²) in [4.78, 5) is 11.1. The van der Waals surface area contributed by atoms with E-state index >= 15 is 0 Å². The lowest BCUT2D eigenvalue weighted by Gasteiger charge is -2.41. The predicted octanol–water partition coefficient (Wildman–Crippen LogP) is 2.94. The summed E-state index contributed by atoms with van der Waals surface area (Å²) in [5.41, 5.74) is -3.33. The van der Waals surface area contributed by atoms with Crippen molar-refractivity contribution in [1.29, 1.82) is 0 Å². The van der Waals surface area contributed by atoms with Gasteiger partial charge in [0.2, 0.25) is 0 Å². The Morgan fingerprint density at radius 3 is 2.28 bits per heavy atom. The van der Waals surface area contributed by atoms with Crippen molar-refractivity contribution >= 4 is 5.97 Å². The summed E-state index contributed by atoms with van der Waals surface area (Å²) in [6.07, 6.45) is -4.53. The standard InChI is InChI=1S/C11H11F5O2/c1-18-8(17)5-9(11(14,15)16)6-2-3-7(4-6)10(9,12)13/h2-3,6-7H,4-5H2,1H3. The molecule has 3 atom stereocenters. The summed E-state index contributed by atoms with van der Waals surface area (Å²) in [6, 6.07) is 0. The fourth-order valence-electron chi connectivity index (χ4n) is 2.96. The highest BCUT2D eigenvalue weighted by atomic mass is 19.4. The van der Waals surface area contributed by atoms with Gasteiger partial charge in [-0.3, -0.25) is 4.79 Å². The Hall–Kier alpha value is -1.14. The van der Waals surface area contributed by atoms with Gasteiger partial charge in [-0.2, -0.15) is 13.2 Å². The van der Waals surface area contributed by atoms with E-state index in [4.69, 9.17) is 0 Å². The molecular formula is C11H11F5O2. The lowest BCUT2D eigenvalue weighted by atomic mass is 9.70. The van der Waals surface area contributed by atoms with Crippen LogP contribution in [-0.2, 0) is 9.53 Å². The van der Waals surface area contributed by atoms with Gasteiger partial charge >= 0.3 is 12.1 Å². The number of esters is 1. The maximum atomic E-state index is 14.0. The summed E-state index contributed by atoms with van der Waals surface area (Å²) in [5.74, 6) is -8.06. The van der Waals surface area contributed by atoms with Gasteiger partial charge in [-0.1, -0.05) is 12.2 Å². The van der Waals surface area contributed by atoms with Crippen molar-refractivity contribution in [3.63, 3.8) is 0 Å². The second-order valence-corrected chi connectivity index (χ2v) is 4.68. The molecule has 2 rings (SSSR count). The summed E-state index contributed by atoms with van der Waals surface area (Å²) < 4.78 is 71.5. The minimum absolute atomic E-state index is 0.274. The average molecular weight is 270 g/mol. The zero-order valence-corrected chi connectivity index (χ0v) is 9.43. The van der Waals surface area contributed by atoms with Gasteiger partial charge in [0, 0.05) is 5.92 Å². The van der Waals surface area contributed by atoms with E-state index < -0.39 is 41.7 Å². The zero-order valence-electron chi connectivity index (χ0n) is 9.43.